The van der Waals surface area contributed by atoms with Crippen LogP contribution in [0.3, 0.4) is 0 Å². The number of nitrogens with one attached hydrogen (secondary N) is 1. The van der Waals surface area contributed by atoms with Gasteiger partial charge in [0.25, 0.3) is 0 Å². The molecule has 1 aromatic carbocycles. The summed E-state index contributed by atoms with van der Waals surface area (Å²) < 4.78 is 20.6. The average molecular weight is 346 g/mol. The Morgan fingerprint density at radius 3 is 2.72 bits per heavy atom. The van der Waals surface area contributed by atoms with Crippen LogP contribution in [-0.2, 0) is 0 Å². The van der Waals surface area contributed by atoms with Crippen molar-refractivity contribution in [3.05, 3.63) is 48.8 Å². The number of carbonyl (C=O) groups excluding carboxylic acids is 1. The predicted molar refractivity (Wildman–Crippen MR) is 92.0 cm³/mol. The Labute approximate surface area is 146 Å². The van der Waals surface area contributed by atoms with Crippen molar-refractivity contribution in [1.82, 2.24) is 19.8 Å². The van der Waals surface area contributed by atoms with Gasteiger partial charge in [0.05, 0.1) is 12.9 Å². The largest absolute Gasteiger partial charge is 0.489 e. The van der Waals surface area contributed by atoms with Crippen LogP contribution in [0.25, 0.3) is 0 Å². The molecular formula is C18H23FN4O2. The van der Waals surface area contributed by atoms with Crippen LogP contribution in [0.2, 0.25) is 0 Å². The molecule has 25 heavy (non-hydrogen) atoms. The Morgan fingerprint density at radius 2 is 2.08 bits per heavy atom. The quantitative estimate of drug-likeness (QED) is 0.906. The topological polar surface area (TPSA) is 59.4 Å². The number of likely N-dealkylation sites (tertiary alicyclic amines) is 1. The fraction of sp³-hybridized carbons (Fsp3) is 0.444. The van der Waals surface area contributed by atoms with Gasteiger partial charge in [-0.2, -0.15) is 0 Å². The van der Waals surface area contributed by atoms with Crippen molar-refractivity contribution in [1.29, 1.82) is 0 Å². The van der Waals surface area contributed by atoms with E-state index in [4.69, 9.17) is 4.74 Å². The van der Waals surface area contributed by atoms with Gasteiger partial charge in [0, 0.05) is 31.5 Å². The molecule has 6 nitrogen and oxygen atoms in total. The Bertz CT molecular complexity index is 667. The number of piperidine rings is 1. The van der Waals surface area contributed by atoms with Gasteiger partial charge in [-0.1, -0.05) is 0 Å². The van der Waals surface area contributed by atoms with E-state index in [1.54, 1.807) is 18.3 Å². The minimum absolute atomic E-state index is 0.0707. The number of aromatic nitrogens is 2. The second-order valence-corrected chi connectivity index (χ2v) is 6.30. The fourth-order valence-electron chi connectivity index (χ4n) is 2.98. The Kier molecular flexibility index (Phi) is 5.53. The van der Waals surface area contributed by atoms with Crippen molar-refractivity contribution in [2.75, 3.05) is 19.6 Å². The number of amides is 2. The molecule has 3 rings (SSSR count). The summed E-state index contributed by atoms with van der Waals surface area (Å²) in [4.78, 5) is 18.2. The molecule has 1 fully saturated rings. The van der Waals surface area contributed by atoms with Crippen molar-refractivity contribution in [2.24, 2.45) is 0 Å². The maximum Gasteiger partial charge on any atom is 0.317 e. The lowest BCUT2D eigenvalue weighted by Crippen LogP contribution is -2.46. The number of hydrogen-bond acceptors (Lipinski definition) is 3. The molecule has 2 heterocycles. The van der Waals surface area contributed by atoms with Crippen LogP contribution in [0.5, 0.6) is 5.75 Å². The Balaban J connectivity index is 1.40. The molecule has 0 bridgehead atoms. The van der Waals surface area contributed by atoms with Crippen molar-refractivity contribution >= 4 is 6.03 Å². The first kappa shape index (κ1) is 17.3. The number of nitrogens with zero attached hydrogens (tertiary/aromatic N) is 3. The minimum atomic E-state index is -0.299. The first-order valence-electron chi connectivity index (χ1n) is 8.54. The second kappa shape index (κ2) is 8.00. The first-order valence-corrected chi connectivity index (χ1v) is 8.54. The lowest BCUT2D eigenvalue weighted by molar-refractivity contribution is 0.162. The van der Waals surface area contributed by atoms with Gasteiger partial charge in [0.1, 0.15) is 17.7 Å². The van der Waals surface area contributed by atoms with E-state index in [-0.39, 0.29) is 18.0 Å². The van der Waals surface area contributed by atoms with E-state index in [1.807, 2.05) is 24.3 Å². The molecular weight excluding hydrogens is 323 g/mol. The van der Waals surface area contributed by atoms with Crippen LogP contribution in [0, 0.1) is 5.82 Å². The first-order chi connectivity index (χ1) is 12.1. The number of carbonyl (C=O) groups is 1. The minimum Gasteiger partial charge on any atom is -0.489 e. The van der Waals surface area contributed by atoms with E-state index in [9.17, 15) is 9.18 Å². The van der Waals surface area contributed by atoms with Crippen LogP contribution in [0.1, 0.15) is 25.8 Å². The fourth-order valence-corrected chi connectivity index (χ4v) is 2.98. The molecule has 1 atom stereocenters. The predicted octanol–water partition coefficient (Wildman–Crippen LogP) is 2.84. The van der Waals surface area contributed by atoms with Crippen LogP contribution in [-0.4, -0.2) is 46.2 Å². The highest BCUT2D eigenvalue weighted by Crippen LogP contribution is 2.22. The molecule has 2 amide bonds. The Morgan fingerprint density at radius 1 is 1.36 bits per heavy atom. The zero-order chi connectivity index (χ0) is 17.6. The zero-order valence-electron chi connectivity index (χ0n) is 14.3. The summed E-state index contributed by atoms with van der Waals surface area (Å²) in [6.45, 7) is 3.72. The van der Waals surface area contributed by atoms with Gasteiger partial charge in [0.2, 0.25) is 0 Å². The smallest absolute Gasteiger partial charge is 0.317 e. The number of halogens is 1. The third-order valence-electron chi connectivity index (χ3n) is 4.39. The van der Waals surface area contributed by atoms with E-state index < -0.39 is 0 Å². The standard InChI is InChI=1S/C18H23FN4O2/c1-14(25-17-4-2-15(19)3-5-17)12-21-18(24)22-9-6-16(7-10-22)23-11-8-20-13-23/h2-5,8,11,13-14,16H,6-7,9-10,12H2,1H3,(H,21,24)/t14-/m0/s1. The van der Waals surface area contributed by atoms with E-state index in [0.717, 1.165) is 25.9 Å². The molecule has 0 aliphatic carbocycles. The molecule has 1 aliphatic heterocycles. The molecule has 0 saturated carbocycles. The van der Waals surface area contributed by atoms with Crippen molar-refractivity contribution < 1.29 is 13.9 Å². The summed E-state index contributed by atoms with van der Waals surface area (Å²) in [7, 11) is 0. The van der Waals surface area contributed by atoms with Gasteiger partial charge in [-0.25, -0.2) is 14.2 Å². The average Bonchev–Trinajstić information content (AvgIpc) is 3.16. The normalized spacial score (nSPS) is 16.5. The van der Waals surface area contributed by atoms with Crippen LogP contribution < -0.4 is 10.1 Å². The van der Waals surface area contributed by atoms with Crippen molar-refractivity contribution in [2.45, 2.75) is 31.9 Å². The molecule has 2 aromatic rings. The molecule has 134 valence electrons. The highest BCUT2D eigenvalue weighted by molar-refractivity contribution is 5.74. The van der Waals surface area contributed by atoms with Gasteiger partial charge in [0.15, 0.2) is 0 Å². The van der Waals surface area contributed by atoms with Gasteiger partial charge >= 0.3 is 6.03 Å². The monoisotopic (exact) mass is 346 g/mol. The second-order valence-electron chi connectivity index (χ2n) is 6.30. The van der Waals surface area contributed by atoms with E-state index in [2.05, 4.69) is 14.9 Å². The summed E-state index contributed by atoms with van der Waals surface area (Å²) in [6.07, 6.45) is 7.22. The summed E-state index contributed by atoms with van der Waals surface area (Å²) in [5.74, 6) is 0.289. The lowest BCUT2D eigenvalue weighted by Gasteiger charge is -2.32. The van der Waals surface area contributed by atoms with Crippen molar-refractivity contribution in [3.8, 4) is 5.75 Å². The summed E-state index contributed by atoms with van der Waals surface area (Å²) in [6, 6.07) is 6.20. The Hall–Kier alpha value is -2.57. The molecule has 1 aromatic heterocycles. The number of ether oxygens (including phenoxy) is 1. The van der Waals surface area contributed by atoms with Crippen LogP contribution in [0.4, 0.5) is 9.18 Å². The summed E-state index contributed by atoms with van der Waals surface area (Å²) in [5.41, 5.74) is 0. The summed E-state index contributed by atoms with van der Waals surface area (Å²) >= 11 is 0. The SMILES string of the molecule is C[C@@H](CNC(=O)N1CCC(n2ccnc2)CC1)Oc1ccc(F)cc1. The molecule has 1 aliphatic rings. The third-order valence-corrected chi connectivity index (χ3v) is 4.39. The maximum absolute atomic E-state index is 12.9. The molecule has 1 saturated heterocycles. The number of rotatable bonds is 5. The van der Waals surface area contributed by atoms with Crippen LogP contribution in [0.15, 0.2) is 43.0 Å². The number of imidazole rings is 1. The van der Waals surface area contributed by atoms with Gasteiger partial charge in [-0.15, -0.1) is 0 Å². The van der Waals surface area contributed by atoms with Crippen LogP contribution >= 0.6 is 0 Å². The van der Waals surface area contributed by atoms with Gasteiger partial charge < -0.3 is 19.5 Å². The number of urea groups is 1. The van der Waals surface area contributed by atoms with Crippen molar-refractivity contribution in [3.63, 3.8) is 0 Å². The molecule has 7 heteroatoms. The van der Waals surface area contributed by atoms with E-state index in [0.29, 0.717) is 18.3 Å². The lowest BCUT2D eigenvalue weighted by atomic mass is 10.1. The molecule has 1 N–H and O–H groups in total. The van der Waals surface area contributed by atoms with E-state index in [1.165, 1.54) is 12.1 Å². The zero-order valence-corrected chi connectivity index (χ0v) is 14.3. The highest BCUT2D eigenvalue weighted by Gasteiger charge is 2.23. The van der Waals surface area contributed by atoms with Gasteiger partial charge in [-0.3, -0.25) is 0 Å². The van der Waals surface area contributed by atoms with Gasteiger partial charge in [-0.05, 0) is 44.0 Å². The van der Waals surface area contributed by atoms with E-state index >= 15 is 0 Å². The molecule has 0 unspecified atom stereocenters. The third kappa shape index (κ3) is 4.71. The highest BCUT2D eigenvalue weighted by atomic mass is 19.1. The summed E-state index contributed by atoms with van der Waals surface area (Å²) in [5, 5.41) is 2.90. The number of benzene rings is 1. The molecule has 0 radical (unpaired) electrons. The maximum atomic E-state index is 12.9. The molecule has 0 spiro atoms. The number of hydrogen-bond donors (Lipinski definition) is 1.